The van der Waals surface area contributed by atoms with E-state index in [1.165, 1.54) is 30.4 Å². The van der Waals surface area contributed by atoms with Crippen LogP contribution in [0.25, 0.3) is 5.57 Å². The molecule has 0 bridgehead atoms. The average Bonchev–Trinajstić information content (AvgIpc) is 3.09. The molecular weight excluding hydrogens is 320 g/mol. The molecule has 3 rings (SSSR count). The van der Waals surface area contributed by atoms with Crippen LogP contribution >= 0.6 is 0 Å². The zero-order chi connectivity index (χ0) is 18.4. The summed E-state index contributed by atoms with van der Waals surface area (Å²) in [6, 6.07) is 6.57. The largest absolute Gasteiger partial charge is 0.342 e. The van der Waals surface area contributed by atoms with Crippen molar-refractivity contribution in [3.63, 3.8) is 0 Å². The third-order valence-electron chi connectivity index (χ3n) is 4.49. The highest BCUT2D eigenvalue weighted by Crippen LogP contribution is 2.26. The molecule has 3 N–H and O–H groups in total. The molecule has 0 saturated heterocycles. The van der Waals surface area contributed by atoms with Gasteiger partial charge in [-0.2, -0.15) is 5.10 Å². The Kier molecular flexibility index (Phi) is 5.74. The molecule has 134 valence electrons. The predicted octanol–water partition coefficient (Wildman–Crippen LogP) is 5.43. The van der Waals surface area contributed by atoms with E-state index in [-0.39, 0.29) is 0 Å². The van der Waals surface area contributed by atoms with Gasteiger partial charge in [0.15, 0.2) is 0 Å². The average molecular weight is 346 g/mol. The summed E-state index contributed by atoms with van der Waals surface area (Å²) in [6.07, 6.45) is 14.5. The lowest BCUT2D eigenvalue weighted by Crippen LogP contribution is -2.10. The minimum Gasteiger partial charge on any atom is -0.342 e. The smallest absolute Gasteiger partial charge is 0.100 e. The Morgan fingerprint density at radius 2 is 1.92 bits per heavy atom. The number of anilines is 2. The van der Waals surface area contributed by atoms with Crippen molar-refractivity contribution >= 4 is 16.9 Å². The molecule has 1 aromatic carbocycles. The number of allylic oxidation sites excluding steroid dienone is 5. The van der Waals surface area contributed by atoms with Gasteiger partial charge >= 0.3 is 0 Å². The Morgan fingerprint density at radius 3 is 2.73 bits per heavy atom. The van der Waals surface area contributed by atoms with Crippen molar-refractivity contribution in [2.75, 3.05) is 10.6 Å². The second kappa shape index (κ2) is 8.39. The van der Waals surface area contributed by atoms with Crippen LogP contribution in [-0.4, -0.2) is 10.2 Å². The van der Waals surface area contributed by atoms with E-state index < -0.39 is 0 Å². The van der Waals surface area contributed by atoms with Gasteiger partial charge in [0.1, 0.15) is 5.82 Å². The quantitative estimate of drug-likeness (QED) is 0.586. The molecule has 0 radical (unpaired) electrons. The van der Waals surface area contributed by atoms with Crippen molar-refractivity contribution in [1.82, 2.24) is 10.2 Å². The zero-order valence-corrected chi connectivity index (χ0v) is 15.3. The number of fused-ring (bicyclic) bond motifs is 1. The lowest BCUT2D eigenvalue weighted by molar-refractivity contribution is 0.686. The maximum absolute atomic E-state index is 4.12. The molecule has 1 aliphatic rings. The minimum absolute atomic E-state index is 0.702. The number of hydrogen-bond donors (Lipinski definition) is 3. The van der Waals surface area contributed by atoms with Gasteiger partial charge in [0.2, 0.25) is 0 Å². The van der Waals surface area contributed by atoms with Crippen LogP contribution in [0.3, 0.4) is 0 Å². The van der Waals surface area contributed by atoms with Gasteiger partial charge in [0.05, 0.1) is 17.6 Å². The van der Waals surface area contributed by atoms with Crippen LogP contribution < -0.4 is 10.6 Å². The number of aryl methyl sites for hydroxylation is 2. The van der Waals surface area contributed by atoms with Gasteiger partial charge in [0.25, 0.3) is 0 Å². The number of aromatic amines is 1. The normalized spacial score (nSPS) is 13.7. The van der Waals surface area contributed by atoms with Crippen LogP contribution in [0, 0.1) is 0 Å². The molecular formula is C22H26N4. The van der Waals surface area contributed by atoms with Crippen LogP contribution in [-0.2, 0) is 12.8 Å². The molecule has 4 nitrogen and oxygen atoms in total. The summed E-state index contributed by atoms with van der Waals surface area (Å²) in [6.45, 7) is 10.2. The van der Waals surface area contributed by atoms with Crippen molar-refractivity contribution in [2.45, 2.75) is 32.6 Å². The summed E-state index contributed by atoms with van der Waals surface area (Å²) in [4.78, 5) is 0. The second-order valence-corrected chi connectivity index (χ2v) is 6.49. The molecule has 0 spiro atoms. The van der Waals surface area contributed by atoms with Crippen molar-refractivity contribution in [3.8, 4) is 0 Å². The van der Waals surface area contributed by atoms with Crippen molar-refractivity contribution in [2.24, 2.45) is 0 Å². The first-order chi connectivity index (χ1) is 12.7. The lowest BCUT2D eigenvalue weighted by Gasteiger charge is -2.18. The summed E-state index contributed by atoms with van der Waals surface area (Å²) in [5.41, 5.74) is 6.52. The van der Waals surface area contributed by atoms with Crippen LogP contribution in [0.15, 0.2) is 67.7 Å². The van der Waals surface area contributed by atoms with E-state index in [0.29, 0.717) is 5.82 Å². The Bertz CT molecular complexity index is 855. The fraction of sp³-hybridized carbons (Fsp3) is 0.227. The van der Waals surface area contributed by atoms with E-state index in [4.69, 9.17) is 0 Å². The van der Waals surface area contributed by atoms with E-state index >= 15 is 0 Å². The molecule has 0 atom stereocenters. The van der Waals surface area contributed by atoms with Gasteiger partial charge in [-0.3, -0.25) is 5.10 Å². The Labute approximate surface area is 155 Å². The van der Waals surface area contributed by atoms with Gasteiger partial charge in [0, 0.05) is 5.69 Å². The number of H-pyrrole nitrogens is 1. The van der Waals surface area contributed by atoms with Gasteiger partial charge in [-0.15, -0.1) is 0 Å². The standard InChI is InChI=1S/C22H26N4/c1-4-5-6-9-16(2)22-21(15-23-26-22)25-17(3)24-20-13-12-18-10-7-8-11-19(18)14-20/h4-6,9,12-15,24-25H,2-3,7-8,10-11H2,1H3,(H,23,26)/b5-4-,9-6-. The van der Waals surface area contributed by atoms with E-state index in [2.05, 4.69) is 52.2 Å². The SMILES string of the molecule is C=C(Nc1ccc2c(c1)CCCC2)Nc1cn[nH]c1C(=C)/C=C\C=C/C. The topological polar surface area (TPSA) is 52.7 Å². The number of aromatic nitrogens is 2. The van der Waals surface area contributed by atoms with Gasteiger partial charge in [-0.25, -0.2) is 0 Å². The molecule has 0 unspecified atom stereocenters. The molecule has 1 heterocycles. The molecule has 0 saturated carbocycles. The maximum Gasteiger partial charge on any atom is 0.100 e. The summed E-state index contributed by atoms with van der Waals surface area (Å²) < 4.78 is 0. The molecule has 1 aliphatic carbocycles. The van der Waals surface area contributed by atoms with E-state index in [1.54, 1.807) is 6.20 Å². The molecule has 0 fully saturated rings. The predicted molar refractivity (Wildman–Crippen MR) is 111 cm³/mol. The number of rotatable bonds is 7. The number of nitrogens with one attached hydrogen (secondary N) is 3. The third kappa shape index (κ3) is 4.33. The molecule has 1 aromatic heterocycles. The molecule has 0 aliphatic heterocycles. The van der Waals surface area contributed by atoms with E-state index in [1.807, 2.05) is 31.2 Å². The van der Waals surface area contributed by atoms with Crippen molar-refractivity contribution in [1.29, 1.82) is 0 Å². The van der Waals surface area contributed by atoms with Crippen molar-refractivity contribution < 1.29 is 0 Å². The van der Waals surface area contributed by atoms with Gasteiger partial charge < -0.3 is 10.6 Å². The van der Waals surface area contributed by atoms with E-state index in [9.17, 15) is 0 Å². The van der Waals surface area contributed by atoms with Crippen LogP contribution in [0.2, 0.25) is 0 Å². The minimum atomic E-state index is 0.702. The highest BCUT2D eigenvalue weighted by molar-refractivity contribution is 5.79. The highest BCUT2D eigenvalue weighted by Gasteiger charge is 2.11. The second-order valence-electron chi connectivity index (χ2n) is 6.49. The number of hydrogen-bond acceptors (Lipinski definition) is 3. The maximum atomic E-state index is 4.12. The van der Waals surface area contributed by atoms with Gasteiger partial charge in [-0.1, -0.05) is 43.5 Å². The Morgan fingerprint density at radius 1 is 1.12 bits per heavy atom. The van der Waals surface area contributed by atoms with Crippen LogP contribution in [0.5, 0.6) is 0 Å². The number of nitrogens with zero attached hydrogens (tertiary/aromatic N) is 1. The zero-order valence-electron chi connectivity index (χ0n) is 15.3. The highest BCUT2D eigenvalue weighted by atomic mass is 15.2. The summed E-state index contributed by atoms with van der Waals surface area (Å²) >= 11 is 0. The van der Waals surface area contributed by atoms with Gasteiger partial charge in [-0.05, 0) is 61.4 Å². The summed E-state index contributed by atoms with van der Waals surface area (Å²) in [7, 11) is 0. The fourth-order valence-electron chi connectivity index (χ4n) is 3.17. The first kappa shape index (κ1) is 17.8. The molecule has 2 aromatic rings. The summed E-state index contributed by atoms with van der Waals surface area (Å²) in [5.74, 6) is 0.702. The number of benzene rings is 1. The monoisotopic (exact) mass is 346 g/mol. The van der Waals surface area contributed by atoms with E-state index in [0.717, 1.165) is 29.1 Å². The molecule has 4 heteroatoms. The Balaban J connectivity index is 1.66. The molecule has 26 heavy (non-hydrogen) atoms. The Hall–Kier alpha value is -3.01. The third-order valence-corrected chi connectivity index (χ3v) is 4.49. The van der Waals surface area contributed by atoms with Crippen molar-refractivity contribution in [3.05, 3.63) is 84.5 Å². The van der Waals surface area contributed by atoms with Crippen LogP contribution in [0.1, 0.15) is 36.6 Å². The molecule has 0 amide bonds. The van der Waals surface area contributed by atoms with Crippen LogP contribution in [0.4, 0.5) is 11.4 Å². The fourth-order valence-corrected chi connectivity index (χ4v) is 3.17. The summed E-state index contributed by atoms with van der Waals surface area (Å²) in [5, 5.41) is 13.7. The lowest BCUT2D eigenvalue weighted by atomic mass is 9.91. The first-order valence-electron chi connectivity index (χ1n) is 9.04. The first-order valence-corrected chi connectivity index (χ1v) is 9.04.